The summed E-state index contributed by atoms with van der Waals surface area (Å²) >= 11 is 0. The summed E-state index contributed by atoms with van der Waals surface area (Å²) in [4.78, 5) is 22.9. The molecule has 1 fully saturated rings. The van der Waals surface area contributed by atoms with Crippen LogP contribution in [-0.2, 0) is 22.6 Å². The zero-order chi connectivity index (χ0) is 19.7. The first kappa shape index (κ1) is 18.2. The van der Waals surface area contributed by atoms with E-state index in [1.807, 2.05) is 0 Å². The van der Waals surface area contributed by atoms with Crippen molar-refractivity contribution in [1.29, 1.82) is 0 Å². The highest BCUT2D eigenvalue weighted by atomic mass is 16.5. The first-order chi connectivity index (χ1) is 13.5. The Bertz CT molecular complexity index is 1030. The van der Waals surface area contributed by atoms with Gasteiger partial charge in [0, 0.05) is 23.1 Å². The molecule has 0 unspecified atom stereocenters. The molecule has 0 aliphatic heterocycles. The molecule has 1 aromatic carbocycles. The molecule has 2 heterocycles. The Balaban J connectivity index is 1.66. The number of carbonyl (C=O) groups is 2. The van der Waals surface area contributed by atoms with Gasteiger partial charge in [0.05, 0.1) is 25.8 Å². The number of aryl methyl sites for hydroxylation is 1. The maximum atomic E-state index is 11.8. The van der Waals surface area contributed by atoms with Crippen LogP contribution in [0.15, 0.2) is 30.5 Å². The first-order valence-electron chi connectivity index (χ1n) is 9.46. The maximum absolute atomic E-state index is 11.8. The number of ether oxygens (including phenoxy) is 1. The Morgan fingerprint density at radius 3 is 2.79 bits per heavy atom. The number of carboxylic acid groups (broad SMARTS) is 1. The van der Waals surface area contributed by atoms with Gasteiger partial charge >= 0.3 is 11.9 Å². The quantitative estimate of drug-likeness (QED) is 0.602. The molecule has 1 aliphatic carbocycles. The lowest BCUT2D eigenvalue weighted by Crippen LogP contribution is -2.12. The van der Waals surface area contributed by atoms with E-state index in [9.17, 15) is 9.59 Å². The standard InChI is InChI=1S/C20H22N4O4/c1-2-28-19(25)7-8-24-16(11-23-12-17(20(26)27)21-22-23)10-15-9-14(13-3-4-13)5-6-18(15)24/h5-6,9-10,12-13H,2-4,7-8,11H2,1H3,(H,26,27). The largest absolute Gasteiger partial charge is 0.476 e. The van der Waals surface area contributed by atoms with E-state index in [1.54, 1.807) is 6.92 Å². The van der Waals surface area contributed by atoms with Gasteiger partial charge in [0.1, 0.15) is 0 Å². The van der Waals surface area contributed by atoms with Crippen molar-refractivity contribution in [3.8, 4) is 0 Å². The van der Waals surface area contributed by atoms with E-state index in [1.165, 1.54) is 29.3 Å². The zero-order valence-electron chi connectivity index (χ0n) is 15.7. The Morgan fingerprint density at radius 2 is 2.11 bits per heavy atom. The van der Waals surface area contributed by atoms with E-state index in [-0.39, 0.29) is 18.1 Å². The van der Waals surface area contributed by atoms with E-state index in [2.05, 4.69) is 39.1 Å². The minimum atomic E-state index is -1.11. The van der Waals surface area contributed by atoms with Gasteiger partial charge in [-0.15, -0.1) is 5.10 Å². The number of esters is 1. The highest BCUT2D eigenvalue weighted by molar-refractivity contribution is 5.85. The van der Waals surface area contributed by atoms with Gasteiger partial charge in [0.15, 0.2) is 5.69 Å². The lowest BCUT2D eigenvalue weighted by Gasteiger charge is -2.11. The minimum absolute atomic E-state index is 0.0924. The second kappa shape index (κ2) is 7.46. The predicted octanol–water partition coefficient (Wildman–Crippen LogP) is 2.81. The summed E-state index contributed by atoms with van der Waals surface area (Å²) in [7, 11) is 0. The molecule has 8 nitrogen and oxygen atoms in total. The van der Waals surface area contributed by atoms with Gasteiger partial charge in [-0.2, -0.15) is 0 Å². The fourth-order valence-electron chi connectivity index (χ4n) is 3.49. The zero-order valence-corrected chi connectivity index (χ0v) is 15.7. The Labute approximate surface area is 161 Å². The van der Waals surface area contributed by atoms with Crippen LogP contribution in [-0.4, -0.2) is 43.2 Å². The van der Waals surface area contributed by atoms with Gasteiger partial charge in [0.2, 0.25) is 0 Å². The number of benzene rings is 1. The molecule has 0 spiro atoms. The number of nitrogens with zero attached hydrogens (tertiary/aromatic N) is 4. The van der Waals surface area contributed by atoms with Crippen molar-refractivity contribution < 1.29 is 19.4 Å². The molecule has 0 amide bonds. The molecule has 0 bridgehead atoms. The molecule has 0 atom stereocenters. The van der Waals surface area contributed by atoms with Gasteiger partial charge in [-0.05, 0) is 49.4 Å². The van der Waals surface area contributed by atoms with Crippen molar-refractivity contribution in [3.63, 3.8) is 0 Å². The fraction of sp³-hybridized carbons (Fsp3) is 0.400. The average molecular weight is 382 g/mol. The van der Waals surface area contributed by atoms with Gasteiger partial charge in [0.25, 0.3) is 0 Å². The van der Waals surface area contributed by atoms with Crippen LogP contribution < -0.4 is 0 Å². The molecule has 3 aromatic rings. The van der Waals surface area contributed by atoms with E-state index < -0.39 is 5.97 Å². The number of fused-ring (bicyclic) bond motifs is 1. The van der Waals surface area contributed by atoms with Crippen LogP contribution in [0.25, 0.3) is 10.9 Å². The second-order valence-corrected chi connectivity index (χ2v) is 7.04. The van der Waals surface area contributed by atoms with Gasteiger partial charge in [-0.25, -0.2) is 9.48 Å². The Kier molecular flexibility index (Phi) is 4.85. The summed E-state index contributed by atoms with van der Waals surface area (Å²) < 4.78 is 8.63. The van der Waals surface area contributed by atoms with Crippen LogP contribution in [0, 0.1) is 0 Å². The molecular weight excluding hydrogens is 360 g/mol. The lowest BCUT2D eigenvalue weighted by molar-refractivity contribution is -0.143. The number of hydrogen-bond acceptors (Lipinski definition) is 5. The molecular formula is C20H22N4O4. The van der Waals surface area contributed by atoms with E-state index in [0.29, 0.717) is 25.6 Å². The summed E-state index contributed by atoms with van der Waals surface area (Å²) in [5, 5.41) is 17.7. The van der Waals surface area contributed by atoms with Crippen molar-refractivity contribution >= 4 is 22.8 Å². The van der Waals surface area contributed by atoms with Crippen molar-refractivity contribution in [2.24, 2.45) is 0 Å². The normalized spacial score (nSPS) is 13.8. The van der Waals surface area contributed by atoms with E-state index in [4.69, 9.17) is 9.84 Å². The first-order valence-corrected chi connectivity index (χ1v) is 9.46. The second-order valence-electron chi connectivity index (χ2n) is 7.04. The molecule has 4 rings (SSSR count). The summed E-state index contributed by atoms with van der Waals surface area (Å²) in [5.41, 5.74) is 3.23. The predicted molar refractivity (Wildman–Crippen MR) is 101 cm³/mol. The van der Waals surface area contributed by atoms with E-state index >= 15 is 0 Å². The molecule has 1 N–H and O–H groups in total. The van der Waals surface area contributed by atoms with Crippen LogP contribution in [0.2, 0.25) is 0 Å². The molecule has 8 heteroatoms. The molecule has 1 aliphatic rings. The van der Waals surface area contributed by atoms with Crippen molar-refractivity contribution in [2.75, 3.05) is 6.61 Å². The number of carboxylic acids is 1. The number of carbonyl (C=O) groups excluding carboxylic acids is 1. The Morgan fingerprint density at radius 1 is 1.29 bits per heavy atom. The molecule has 2 aromatic heterocycles. The van der Waals surface area contributed by atoms with Crippen molar-refractivity contribution in [1.82, 2.24) is 19.6 Å². The SMILES string of the molecule is CCOC(=O)CCn1c(Cn2cc(C(=O)O)nn2)cc2cc(C3CC3)ccc21. The molecule has 28 heavy (non-hydrogen) atoms. The van der Waals surface area contributed by atoms with Crippen LogP contribution in [0.5, 0.6) is 0 Å². The lowest BCUT2D eigenvalue weighted by atomic mass is 10.1. The topological polar surface area (TPSA) is 99.2 Å². The number of aromatic carboxylic acids is 1. The highest BCUT2D eigenvalue weighted by Gasteiger charge is 2.24. The summed E-state index contributed by atoms with van der Waals surface area (Å²) in [6, 6.07) is 8.54. The minimum Gasteiger partial charge on any atom is -0.476 e. The van der Waals surface area contributed by atoms with Gasteiger partial charge in [-0.3, -0.25) is 4.79 Å². The molecule has 0 saturated heterocycles. The van der Waals surface area contributed by atoms with Gasteiger partial charge in [-0.1, -0.05) is 11.3 Å². The fourth-order valence-corrected chi connectivity index (χ4v) is 3.49. The third-order valence-corrected chi connectivity index (χ3v) is 4.99. The molecule has 0 radical (unpaired) electrons. The van der Waals surface area contributed by atoms with Crippen LogP contribution >= 0.6 is 0 Å². The third-order valence-electron chi connectivity index (χ3n) is 4.99. The Hall–Kier alpha value is -3.16. The summed E-state index contributed by atoms with van der Waals surface area (Å²) in [6.07, 6.45) is 4.15. The smallest absolute Gasteiger partial charge is 0.358 e. The summed E-state index contributed by atoms with van der Waals surface area (Å²) in [6.45, 7) is 3.01. The average Bonchev–Trinajstić information content (AvgIpc) is 3.31. The van der Waals surface area contributed by atoms with Crippen LogP contribution in [0.4, 0.5) is 0 Å². The molecule has 1 saturated carbocycles. The van der Waals surface area contributed by atoms with Crippen LogP contribution in [0.1, 0.15) is 53.8 Å². The van der Waals surface area contributed by atoms with Crippen LogP contribution in [0.3, 0.4) is 0 Å². The number of hydrogen-bond donors (Lipinski definition) is 1. The number of aromatic nitrogens is 4. The van der Waals surface area contributed by atoms with Crippen molar-refractivity contribution in [2.45, 2.75) is 45.2 Å². The van der Waals surface area contributed by atoms with Crippen molar-refractivity contribution in [3.05, 3.63) is 47.4 Å². The van der Waals surface area contributed by atoms with Gasteiger partial charge < -0.3 is 14.4 Å². The molecule has 146 valence electrons. The summed E-state index contributed by atoms with van der Waals surface area (Å²) in [5.74, 6) is -0.689. The highest BCUT2D eigenvalue weighted by Crippen LogP contribution is 2.41. The monoisotopic (exact) mass is 382 g/mol. The third kappa shape index (κ3) is 3.76. The maximum Gasteiger partial charge on any atom is 0.358 e. The van der Waals surface area contributed by atoms with E-state index in [0.717, 1.165) is 16.6 Å². The number of rotatable bonds is 8.